The zero-order valence-electron chi connectivity index (χ0n) is 10.8. The number of unbranched alkanes of at least 4 members (excludes halogenated alkanes) is 1. The van der Waals surface area contributed by atoms with Crippen molar-refractivity contribution < 1.29 is 0 Å². The minimum absolute atomic E-state index is 1.10. The highest BCUT2D eigenvalue weighted by molar-refractivity contribution is 7.99. The summed E-state index contributed by atoms with van der Waals surface area (Å²) < 4.78 is 0. The van der Waals surface area contributed by atoms with E-state index in [0.717, 1.165) is 6.42 Å². The van der Waals surface area contributed by atoms with Gasteiger partial charge in [-0.1, -0.05) is 49.7 Å². The average molecular weight is 254 g/mol. The molecule has 0 heterocycles. The lowest BCUT2D eigenvalue weighted by atomic mass is 10.1. The second-order valence-electron chi connectivity index (χ2n) is 4.83. The summed E-state index contributed by atoms with van der Waals surface area (Å²) >= 11 is 2.01. The van der Waals surface area contributed by atoms with Gasteiger partial charge in [-0.2, -0.15) is 0 Å². The number of benzene rings is 2. The first-order chi connectivity index (χ1) is 8.90. The van der Waals surface area contributed by atoms with Gasteiger partial charge in [0.1, 0.15) is 0 Å². The molecule has 1 heteroatoms. The van der Waals surface area contributed by atoms with E-state index in [1.165, 1.54) is 45.7 Å². The van der Waals surface area contributed by atoms with Gasteiger partial charge in [0.2, 0.25) is 0 Å². The van der Waals surface area contributed by atoms with Crippen molar-refractivity contribution in [3.8, 4) is 11.1 Å². The molecule has 0 N–H and O–H groups in total. The van der Waals surface area contributed by atoms with Gasteiger partial charge in [-0.15, -0.1) is 11.8 Å². The van der Waals surface area contributed by atoms with E-state index < -0.39 is 0 Å². The number of hydrogen-bond acceptors (Lipinski definition) is 1. The van der Waals surface area contributed by atoms with Gasteiger partial charge in [0, 0.05) is 4.90 Å². The summed E-state index contributed by atoms with van der Waals surface area (Å²) in [6.07, 6.45) is 3.68. The summed E-state index contributed by atoms with van der Waals surface area (Å²) in [5, 5.41) is 0. The number of rotatable bonds is 4. The molecule has 1 aliphatic carbocycles. The average Bonchev–Trinajstić information content (AvgIpc) is 2.78. The second kappa shape index (κ2) is 5.19. The lowest BCUT2D eigenvalue weighted by Gasteiger charge is -2.08. The van der Waals surface area contributed by atoms with Crippen LogP contribution in [0.4, 0.5) is 0 Å². The Bertz CT molecular complexity index is 557. The van der Waals surface area contributed by atoms with E-state index in [4.69, 9.17) is 0 Å². The van der Waals surface area contributed by atoms with Crippen LogP contribution in [0.2, 0.25) is 0 Å². The minimum Gasteiger partial charge on any atom is -0.126 e. The van der Waals surface area contributed by atoms with Crippen LogP contribution >= 0.6 is 11.8 Å². The van der Waals surface area contributed by atoms with Gasteiger partial charge in [-0.25, -0.2) is 0 Å². The molecule has 92 valence electrons. The molecule has 0 bridgehead atoms. The van der Waals surface area contributed by atoms with E-state index in [9.17, 15) is 0 Å². The first-order valence-corrected chi connectivity index (χ1v) is 7.71. The van der Waals surface area contributed by atoms with Gasteiger partial charge in [0.05, 0.1) is 0 Å². The molecule has 0 radical (unpaired) electrons. The summed E-state index contributed by atoms with van der Waals surface area (Å²) in [6.45, 7) is 2.26. The fourth-order valence-electron chi connectivity index (χ4n) is 2.60. The first kappa shape index (κ1) is 11.9. The van der Waals surface area contributed by atoms with Crippen molar-refractivity contribution >= 4 is 11.8 Å². The van der Waals surface area contributed by atoms with Crippen LogP contribution in [-0.4, -0.2) is 5.75 Å². The first-order valence-electron chi connectivity index (χ1n) is 6.73. The Morgan fingerprint density at radius 1 is 1.00 bits per heavy atom. The lowest BCUT2D eigenvalue weighted by Crippen LogP contribution is -1.85. The molecule has 0 atom stereocenters. The van der Waals surface area contributed by atoms with Crippen molar-refractivity contribution in [3.63, 3.8) is 0 Å². The Morgan fingerprint density at radius 3 is 2.72 bits per heavy atom. The SMILES string of the molecule is CCCCSc1cccc2c1-c1ccccc1C2. The third kappa shape index (κ3) is 2.08. The summed E-state index contributed by atoms with van der Waals surface area (Å²) in [5.74, 6) is 1.23. The standard InChI is InChI=1S/C17H18S/c1-2-3-11-18-16-10-6-8-14-12-13-7-4-5-9-15(13)17(14)16/h4-10H,2-3,11-12H2,1H3. The molecule has 0 saturated carbocycles. The predicted molar refractivity (Wildman–Crippen MR) is 80.3 cm³/mol. The predicted octanol–water partition coefficient (Wildman–Crippen LogP) is 5.15. The zero-order valence-corrected chi connectivity index (χ0v) is 11.6. The normalized spacial score (nSPS) is 12.3. The molecule has 0 saturated heterocycles. The smallest absolute Gasteiger partial charge is 0.0153 e. The molecule has 18 heavy (non-hydrogen) atoms. The Labute approximate surface area is 113 Å². The van der Waals surface area contributed by atoms with E-state index in [2.05, 4.69) is 49.4 Å². The molecular formula is C17H18S. The molecule has 0 unspecified atom stereocenters. The highest BCUT2D eigenvalue weighted by Crippen LogP contribution is 2.42. The molecule has 0 nitrogen and oxygen atoms in total. The summed E-state index contributed by atoms with van der Waals surface area (Å²) in [4.78, 5) is 1.46. The summed E-state index contributed by atoms with van der Waals surface area (Å²) in [6, 6.07) is 15.6. The van der Waals surface area contributed by atoms with E-state index in [-0.39, 0.29) is 0 Å². The van der Waals surface area contributed by atoms with Crippen LogP contribution in [0.5, 0.6) is 0 Å². The Hall–Kier alpha value is -1.21. The molecule has 0 spiro atoms. The molecule has 1 aliphatic rings. The Morgan fingerprint density at radius 2 is 1.83 bits per heavy atom. The van der Waals surface area contributed by atoms with Gasteiger partial charge < -0.3 is 0 Å². The third-order valence-corrected chi connectivity index (χ3v) is 4.68. The maximum Gasteiger partial charge on any atom is 0.0153 e. The van der Waals surface area contributed by atoms with Crippen LogP contribution in [0.3, 0.4) is 0 Å². The van der Waals surface area contributed by atoms with Crippen LogP contribution < -0.4 is 0 Å². The van der Waals surface area contributed by atoms with Crippen LogP contribution in [0, 0.1) is 0 Å². The van der Waals surface area contributed by atoms with E-state index in [1.807, 2.05) is 11.8 Å². The van der Waals surface area contributed by atoms with E-state index in [0.29, 0.717) is 0 Å². The van der Waals surface area contributed by atoms with Crippen molar-refractivity contribution in [3.05, 3.63) is 53.6 Å². The molecule has 2 aromatic carbocycles. The quantitative estimate of drug-likeness (QED) is 0.458. The molecule has 0 aliphatic heterocycles. The van der Waals surface area contributed by atoms with Gasteiger partial charge in [-0.05, 0) is 46.9 Å². The monoisotopic (exact) mass is 254 g/mol. The Kier molecular flexibility index (Phi) is 3.42. The number of hydrogen-bond donors (Lipinski definition) is 0. The number of fused-ring (bicyclic) bond motifs is 3. The molecule has 0 fully saturated rings. The van der Waals surface area contributed by atoms with Crippen molar-refractivity contribution in [2.45, 2.75) is 31.1 Å². The number of thioether (sulfide) groups is 1. The minimum atomic E-state index is 1.10. The second-order valence-corrected chi connectivity index (χ2v) is 5.96. The largest absolute Gasteiger partial charge is 0.126 e. The topological polar surface area (TPSA) is 0 Å². The van der Waals surface area contributed by atoms with Crippen LogP contribution in [-0.2, 0) is 6.42 Å². The van der Waals surface area contributed by atoms with Gasteiger partial charge >= 0.3 is 0 Å². The highest BCUT2D eigenvalue weighted by Gasteiger charge is 2.20. The Balaban J connectivity index is 1.98. The van der Waals surface area contributed by atoms with Gasteiger partial charge in [-0.3, -0.25) is 0 Å². The molecular weight excluding hydrogens is 236 g/mol. The molecule has 3 rings (SSSR count). The molecule has 2 aromatic rings. The van der Waals surface area contributed by atoms with Crippen molar-refractivity contribution in [2.75, 3.05) is 5.75 Å². The van der Waals surface area contributed by atoms with Crippen molar-refractivity contribution in [2.24, 2.45) is 0 Å². The van der Waals surface area contributed by atoms with Crippen LogP contribution in [0.1, 0.15) is 30.9 Å². The fraction of sp³-hybridized carbons (Fsp3) is 0.294. The maximum absolute atomic E-state index is 2.28. The van der Waals surface area contributed by atoms with Crippen LogP contribution in [0.15, 0.2) is 47.4 Å². The van der Waals surface area contributed by atoms with E-state index in [1.54, 1.807) is 0 Å². The highest BCUT2D eigenvalue weighted by atomic mass is 32.2. The summed E-state index contributed by atoms with van der Waals surface area (Å²) in [7, 11) is 0. The summed E-state index contributed by atoms with van der Waals surface area (Å²) in [5.41, 5.74) is 5.93. The molecule has 0 amide bonds. The molecule has 0 aromatic heterocycles. The third-order valence-electron chi connectivity index (χ3n) is 3.54. The van der Waals surface area contributed by atoms with E-state index >= 15 is 0 Å². The maximum atomic E-state index is 2.28. The lowest BCUT2D eigenvalue weighted by molar-refractivity contribution is 0.896. The van der Waals surface area contributed by atoms with Crippen molar-refractivity contribution in [1.29, 1.82) is 0 Å². The van der Waals surface area contributed by atoms with Gasteiger partial charge in [0.15, 0.2) is 0 Å². The van der Waals surface area contributed by atoms with Crippen molar-refractivity contribution in [1.82, 2.24) is 0 Å². The fourth-order valence-corrected chi connectivity index (χ4v) is 3.81. The van der Waals surface area contributed by atoms with Crippen LogP contribution in [0.25, 0.3) is 11.1 Å². The zero-order chi connectivity index (χ0) is 12.4. The van der Waals surface area contributed by atoms with Gasteiger partial charge in [0.25, 0.3) is 0 Å².